The predicted molar refractivity (Wildman–Crippen MR) is 89.3 cm³/mol. The SMILES string of the molecule is CCCNC(C)CCCCS(=O)c1cc(Cl)ccc1Cl. The molecule has 2 nitrogen and oxygen atoms in total. The van der Waals surface area contributed by atoms with Crippen molar-refractivity contribution in [3.05, 3.63) is 28.2 Å². The number of benzene rings is 1. The molecule has 1 aromatic carbocycles. The molecule has 0 spiro atoms. The Kier molecular flexibility index (Phi) is 8.78. The number of rotatable bonds is 9. The minimum Gasteiger partial charge on any atom is -0.314 e. The van der Waals surface area contributed by atoms with Crippen LogP contribution in [0.15, 0.2) is 23.1 Å². The van der Waals surface area contributed by atoms with E-state index in [1.807, 2.05) is 0 Å². The van der Waals surface area contributed by atoms with E-state index in [2.05, 4.69) is 19.2 Å². The summed E-state index contributed by atoms with van der Waals surface area (Å²) in [6.45, 7) is 5.42. The highest BCUT2D eigenvalue weighted by Crippen LogP contribution is 2.24. The predicted octanol–water partition coefficient (Wildman–Crippen LogP) is 4.66. The average Bonchev–Trinajstić information content (AvgIpc) is 2.43. The largest absolute Gasteiger partial charge is 0.314 e. The Balaban J connectivity index is 2.31. The van der Waals surface area contributed by atoms with Gasteiger partial charge in [0.05, 0.1) is 20.7 Å². The third kappa shape index (κ3) is 6.57. The molecule has 1 rings (SSSR count). The Labute approximate surface area is 134 Å². The van der Waals surface area contributed by atoms with Gasteiger partial charge in [-0.25, -0.2) is 0 Å². The molecule has 0 bridgehead atoms. The zero-order valence-electron chi connectivity index (χ0n) is 12.1. The fraction of sp³-hybridized carbons (Fsp3) is 0.600. The van der Waals surface area contributed by atoms with Gasteiger partial charge in [-0.2, -0.15) is 0 Å². The zero-order chi connectivity index (χ0) is 15.0. The van der Waals surface area contributed by atoms with E-state index in [0.717, 1.165) is 32.2 Å². The molecule has 2 atom stereocenters. The minimum absolute atomic E-state index is 0.526. The van der Waals surface area contributed by atoms with Crippen LogP contribution in [0.5, 0.6) is 0 Å². The number of unbranched alkanes of at least 4 members (excludes halogenated alkanes) is 1. The number of nitrogens with one attached hydrogen (secondary N) is 1. The second kappa shape index (κ2) is 9.78. The maximum absolute atomic E-state index is 12.2. The number of hydrogen-bond donors (Lipinski definition) is 1. The highest BCUT2D eigenvalue weighted by molar-refractivity contribution is 7.85. The van der Waals surface area contributed by atoms with Crippen molar-refractivity contribution in [3.63, 3.8) is 0 Å². The molecule has 2 unspecified atom stereocenters. The van der Waals surface area contributed by atoms with Crippen LogP contribution in [0.25, 0.3) is 0 Å². The van der Waals surface area contributed by atoms with Gasteiger partial charge < -0.3 is 5.32 Å². The van der Waals surface area contributed by atoms with Crippen LogP contribution >= 0.6 is 23.2 Å². The van der Waals surface area contributed by atoms with Gasteiger partial charge in [-0.3, -0.25) is 4.21 Å². The summed E-state index contributed by atoms with van der Waals surface area (Å²) >= 11 is 12.0. The van der Waals surface area contributed by atoms with Crippen molar-refractivity contribution < 1.29 is 4.21 Å². The van der Waals surface area contributed by atoms with Crippen molar-refractivity contribution >= 4 is 34.0 Å². The van der Waals surface area contributed by atoms with Crippen molar-refractivity contribution in [2.45, 2.75) is 50.5 Å². The summed E-state index contributed by atoms with van der Waals surface area (Å²) in [5, 5.41) is 4.57. The van der Waals surface area contributed by atoms with Crippen LogP contribution in [0, 0.1) is 0 Å². The highest BCUT2D eigenvalue weighted by atomic mass is 35.5. The molecule has 5 heteroatoms. The van der Waals surface area contributed by atoms with Gasteiger partial charge >= 0.3 is 0 Å². The molecule has 0 amide bonds. The fourth-order valence-corrected chi connectivity index (χ4v) is 3.78. The van der Waals surface area contributed by atoms with Crippen molar-refractivity contribution in [2.24, 2.45) is 0 Å². The van der Waals surface area contributed by atoms with E-state index in [1.165, 1.54) is 0 Å². The maximum Gasteiger partial charge on any atom is 0.0589 e. The average molecular weight is 336 g/mol. The third-order valence-electron chi connectivity index (χ3n) is 3.10. The second-order valence-electron chi connectivity index (χ2n) is 4.98. The molecule has 114 valence electrons. The monoisotopic (exact) mass is 335 g/mol. The van der Waals surface area contributed by atoms with Gasteiger partial charge in [-0.1, -0.05) is 36.5 Å². The Morgan fingerprint density at radius 1 is 1.30 bits per heavy atom. The molecule has 0 saturated carbocycles. The van der Waals surface area contributed by atoms with Crippen LogP contribution in [0.2, 0.25) is 10.0 Å². The van der Waals surface area contributed by atoms with E-state index in [0.29, 0.717) is 26.7 Å². The summed E-state index contributed by atoms with van der Waals surface area (Å²) in [6.07, 6.45) is 4.28. The molecule has 0 saturated heterocycles. The molecule has 0 aromatic heterocycles. The van der Waals surface area contributed by atoms with Gasteiger partial charge in [0.1, 0.15) is 0 Å². The quantitative estimate of drug-likeness (QED) is 0.665. The summed E-state index contributed by atoms with van der Waals surface area (Å²) in [6, 6.07) is 5.64. The van der Waals surface area contributed by atoms with Crippen LogP contribution in [-0.2, 0) is 10.8 Å². The lowest BCUT2D eigenvalue weighted by Gasteiger charge is -2.12. The van der Waals surface area contributed by atoms with Crippen LogP contribution in [-0.4, -0.2) is 22.5 Å². The lowest BCUT2D eigenvalue weighted by atomic mass is 10.1. The van der Waals surface area contributed by atoms with Gasteiger partial charge in [-0.05, 0) is 50.9 Å². The number of halogens is 2. The smallest absolute Gasteiger partial charge is 0.0589 e. The number of hydrogen-bond acceptors (Lipinski definition) is 2. The van der Waals surface area contributed by atoms with Gasteiger partial charge in [0.2, 0.25) is 0 Å². The van der Waals surface area contributed by atoms with Crippen molar-refractivity contribution in [1.82, 2.24) is 5.32 Å². The standard InChI is InChI=1S/C15H23Cl2NOS/c1-3-9-18-12(2)6-4-5-10-20(19)15-11-13(16)7-8-14(15)17/h7-8,11-12,18H,3-6,9-10H2,1-2H3. The fourth-order valence-electron chi connectivity index (χ4n) is 1.94. The first-order valence-corrected chi connectivity index (χ1v) is 9.19. The Morgan fingerprint density at radius 2 is 2.05 bits per heavy atom. The van der Waals surface area contributed by atoms with E-state index < -0.39 is 10.8 Å². The molecule has 0 aliphatic carbocycles. The molecule has 20 heavy (non-hydrogen) atoms. The van der Waals surface area contributed by atoms with E-state index in [9.17, 15) is 4.21 Å². The normalized spacial score (nSPS) is 14.2. The Morgan fingerprint density at radius 3 is 2.75 bits per heavy atom. The second-order valence-corrected chi connectivity index (χ2v) is 7.36. The van der Waals surface area contributed by atoms with Gasteiger partial charge in [-0.15, -0.1) is 0 Å². The summed E-state index contributed by atoms with van der Waals surface area (Å²) in [5.41, 5.74) is 0. The summed E-state index contributed by atoms with van der Waals surface area (Å²) in [4.78, 5) is 0.649. The molecule has 1 aromatic rings. The van der Waals surface area contributed by atoms with Gasteiger partial charge in [0, 0.05) is 16.8 Å². The molecule has 0 aliphatic heterocycles. The molecular formula is C15H23Cl2NOS. The van der Waals surface area contributed by atoms with Gasteiger partial charge in [0.25, 0.3) is 0 Å². The highest BCUT2D eigenvalue weighted by Gasteiger charge is 2.09. The molecule has 0 radical (unpaired) electrons. The maximum atomic E-state index is 12.2. The summed E-state index contributed by atoms with van der Waals surface area (Å²) < 4.78 is 12.2. The minimum atomic E-state index is -1.06. The summed E-state index contributed by atoms with van der Waals surface area (Å²) in [5.74, 6) is 0.639. The van der Waals surface area contributed by atoms with Crippen molar-refractivity contribution in [1.29, 1.82) is 0 Å². The first-order valence-electron chi connectivity index (χ1n) is 7.11. The Bertz CT molecular complexity index is 440. The molecule has 0 heterocycles. The lowest BCUT2D eigenvalue weighted by molar-refractivity contribution is 0.495. The molecule has 0 aliphatic rings. The van der Waals surface area contributed by atoms with Crippen LogP contribution in [0.4, 0.5) is 0 Å². The van der Waals surface area contributed by atoms with Crippen LogP contribution in [0.3, 0.4) is 0 Å². The van der Waals surface area contributed by atoms with Crippen LogP contribution < -0.4 is 5.32 Å². The Hall–Kier alpha value is -0.0900. The van der Waals surface area contributed by atoms with E-state index in [-0.39, 0.29) is 0 Å². The zero-order valence-corrected chi connectivity index (χ0v) is 14.5. The molecule has 0 fully saturated rings. The van der Waals surface area contributed by atoms with Crippen LogP contribution in [0.1, 0.15) is 39.5 Å². The van der Waals surface area contributed by atoms with Crippen molar-refractivity contribution in [2.75, 3.05) is 12.3 Å². The lowest BCUT2D eigenvalue weighted by Crippen LogP contribution is -2.26. The first kappa shape index (κ1) is 18.0. The van der Waals surface area contributed by atoms with E-state index in [1.54, 1.807) is 18.2 Å². The third-order valence-corrected chi connectivity index (χ3v) is 5.26. The molecule has 1 N–H and O–H groups in total. The first-order chi connectivity index (χ1) is 9.54. The van der Waals surface area contributed by atoms with Gasteiger partial charge in [0.15, 0.2) is 0 Å². The summed E-state index contributed by atoms with van der Waals surface area (Å²) in [7, 11) is -1.06. The topological polar surface area (TPSA) is 29.1 Å². The van der Waals surface area contributed by atoms with Crippen molar-refractivity contribution in [3.8, 4) is 0 Å². The van der Waals surface area contributed by atoms with E-state index >= 15 is 0 Å². The molecular weight excluding hydrogens is 313 g/mol. The van der Waals surface area contributed by atoms with E-state index in [4.69, 9.17) is 23.2 Å².